The molecule has 24 heavy (non-hydrogen) atoms. The molecule has 0 radical (unpaired) electrons. The van der Waals surface area contributed by atoms with Crippen LogP contribution in [0, 0.1) is 0 Å². The second-order valence-electron chi connectivity index (χ2n) is 5.79. The summed E-state index contributed by atoms with van der Waals surface area (Å²) in [6, 6.07) is 15.8. The molecule has 0 atom stereocenters. The van der Waals surface area contributed by atoms with Crippen LogP contribution in [0.25, 0.3) is 28.4 Å². The molecular formula is C18H17N5O. The van der Waals surface area contributed by atoms with Crippen molar-refractivity contribution >= 4 is 17.2 Å². The van der Waals surface area contributed by atoms with Gasteiger partial charge in [0.05, 0.1) is 6.26 Å². The van der Waals surface area contributed by atoms with E-state index in [0.717, 1.165) is 16.8 Å². The van der Waals surface area contributed by atoms with Crippen molar-refractivity contribution < 1.29 is 4.42 Å². The maximum atomic E-state index is 6.16. The van der Waals surface area contributed by atoms with Gasteiger partial charge in [-0.2, -0.15) is 4.52 Å². The topological polar surface area (TPSA) is 72.6 Å². The molecule has 0 aliphatic carbocycles. The number of anilines is 2. The Hall–Kier alpha value is -3.28. The van der Waals surface area contributed by atoms with Crippen molar-refractivity contribution in [2.45, 2.75) is 0 Å². The lowest BCUT2D eigenvalue weighted by atomic mass is 10.1. The van der Waals surface area contributed by atoms with Crippen LogP contribution < -0.4 is 10.6 Å². The highest BCUT2D eigenvalue weighted by Crippen LogP contribution is 2.27. The van der Waals surface area contributed by atoms with Crippen LogP contribution >= 0.6 is 0 Å². The Morgan fingerprint density at radius 2 is 1.83 bits per heavy atom. The number of aromatic nitrogens is 3. The molecule has 0 spiro atoms. The predicted molar refractivity (Wildman–Crippen MR) is 94.9 cm³/mol. The number of benzene rings is 1. The first-order valence-electron chi connectivity index (χ1n) is 7.60. The molecule has 0 aliphatic heterocycles. The lowest BCUT2D eigenvalue weighted by Gasteiger charge is -2.13. The standard InChI is InChI=1S/C18H17N5O/c1-22(2)14-7-5-12(6-8-14)13-10-16(19)23-17(11-13)20-18(21-23)15-4-3-9-24-15/h3-11H,19H2,1-2H3. The van der Waals surface area contributed by atoms with Gasteiger partial charge in [-0.1, -0.05) is 12.1 Å². The number of nitrogen functional groups attached to an aromatic ring is 1. The molecule has 0 fully saturated rings. The first-order valence-corrected chi connectivity index (χ1v) is 7.60. The van der Waals surface area contributed by atoms with Gasteiger partial charge >= 0.3 is 0 Å². The minimum atomic E-state index is 0.520. The monoisotopic (exact) mass is 319 g/mol. The number of nitrogens with two attached hydrogens (primary N) is 1. The van der Waals surface area contributed by atoms with Crippen LogP contribution in [-0.4, -0.2) is 28.7 Å². The molecule has 0 saturated heterocycles. The minimum absolute atomic E-state index is 0.520. The number of hydrogen-bond donors (Lipinski definition) is 1. The molecule has 0 amide bonds. The molecule has 0 aliphatic rings. The second kappa shape index (κ2) is 5.42. The number of fused-ring (bicyclic) bond motifs is 1. The molecule has 2 N–H and O–H groups in total. The summed E-state index contributed by atoms with van der Waals surface area (Å²) < 4.78 is 6.98. The van der Waals surface area contributed by atoms with E-state index in [1.165, 1.54) is 0 Å². The molecule has 3 heterocycles. The Balaban J connectivity index is 1.79. The van der Waals surface area contributed by atoms with E-state index >= 15 is 0 Å². The van der Waals surface area contributed by atoms with Gasteiger partial charge < -0.3 is 15.1 Å². The minimum Gasteiger partial charge on any atom is -0.461 e. The Labute approximate surface area is 139 Å². The van der Waals surface area contributed by atoms with Crippen LogP contribution in [0.2, 0.25) is 0 Å². The van der Waals surface area contributed by atoms with Gasteiger partial charge in [0, 0.05) is 19.8 Å². The van der Waals surface area contributed by atoms with Crippen LogP contribution in [0.5, 0.6) is 0 Å². The second-order valence-corrected chi connectivity index (χ2v) is 5.79. The van der Waals surface area contributed by atoms with Crippen molar-refractivity contribution in [1.82, 2.24) is 14.6 Å². The number of rotatable bonds is 3. The van der Waals surface area contributed by atoms with Crippen molar-refractivity contribution in [1.29, 1.82) is 0 Å². The molecule has 4 rings (SSSR count). The van der Waals surface area contributed by atoms with Gasteiger partial charge in [-0.05, 0) is 47.5 Å². The van der Waals surface area contributed by atoms with E-state index in [2.05, 4.69) is 39.2 Å². The molecule has 0 saturated carbocycles. The number of hydrogen-bond acceptors (Lipinski definition) is 5. The van der Waals surface area contributed by atoms with Crippen molar-refractivity contribution in [2.75, 3.05) is 24.7 Å². The average Bonchev–Trinajstić information content (AvgIpc) is 3.24. The summed E-state index contributed by atoms with van der Waals surface area (Å²) in [6.45, 7) is 0. The first kappa shape index (κ1) is 14.3. The molecule has 0 bridgehead atoms. The third-order valence-corrected chi connectivity index (χ3v) is 3.92. The van der Waals surface area contributed by atoms with Gasteiger partial charge in [-0.25, -0.2) is 4.98 Å². The normalized spacial score (nSPS) is 11.1. The Kier molecular flexibility index (Phi) is 3.23. The number of furan rings is 1. The van der Waals surface area contributed by atoms with Crippen LogP contribution in [-0.2, 0) is 0 Å². The van der Waals surface area contributed by atoms with E-state index < -0.39 is 0 Å². The zero-order valence-electron chi connectivity index (χ0n) is 13.5. The zero-order valence-corrected chi connectivity index (χ0v) is 13.5. The summed E-state index contributed by atoms with van der Waals surface area (Å²) in [5.41, 5.74) is 10.1. The van der Waals surface area contributed by atoms with Gasteiger partial charge in [0.15, 0.2) is 11.4 Å². The Morgan fingerprint density at radius 3 is 2.50 bits per heavy atom. The quantitative estimate of drug-likeness (QED) is 0.627. The third-order valence-electron chi connectivity index (χ3n) is 3.92. The zero-order chi connectivity index (χ0) is 16.7. The lowest BCUT2D eigenvalue weighted by molar-refractivity contribution is 0.577. The fraction of sp³-hybridized carbons (Fsp3) is 0.111. The van der Waals surface area contributed by atoms with Crippen LogP contribution in [0.15, 0.2) is 59.2 Å². The smallest absolute Gasteiger partial charge is 0.217 e. The van der Waals surface area contributed by atoms with Crippen LogP contribution in [0.1, 0.15) is 0 Å². The highest BCUT2D eigenvalue weighted by Gasteiger charge is 2.12. The average molecular weight is 319 g/mol. The molecule has 6 heteroatoms. The molecule has 4 aromatic rings. The van der Waals surface area contributed by atoms with Gasteiger partial charge in [0.25, 0.3) is 0 Å². The number of pyridine rings is 1. The Bertz CT molecular complexity index is 984. The van der Waals surface area contributed by atoms with E-state index in [4.69, 9.17) is 10.2 Å². The van der Waals surface area contributed by atoms with E-state index in [1.807, 2.05) is 38.4 Å². The lowest BCUT2D eigenvalue weighted by Crippen LogP contribution is -2.07. The molecule has 6 nitrogen and oxygen atoms in total. The molecule has 3 aromatic heterocycles. The highest BCUT2D eigenvalue weighted by molar-refractivity contribution is 5.73. The molecule has 120 valence electrons. The summed E-state index contributed by atoms with van der Waals surface area (Å²) in [5.74, 6) is 1.67. The fourth-order valence-corrected chi connectivity index (χ4v) is 2.64. The highest BCUT2D eigenvalue weighted by atomic mass is 16.3. The van der Waals surface area contributed by atoms with Crippen molar-refractivity contribution in [3.8, 4) is 22.7 Å². The van der Waals surface area contributed by atoms with E-state index in [-0.39, 0.29) is 0 Å². The maximum absolute atomic E-state index is 6.16. The fourth-order valence-electron chi connectivity index (χ4n) is 2.64. The first-order chi connectivity index (χ1) is 11.6. The van der Waals surface area contributed by atoms with Gasteiger partial charge in [0.1, 0.15) is 5.82 Å². The van der Waals surface area contributed by atoms with Crippen molar-refractivity contribution in [3.05, 3.63) is 54.8 Å². The van der Waals surface area contributed by atoms with Crippen LogP contribution in [0.4, 0.5) is 11.5 Å². The Morgan fingerprint density at radius 1 is 1.04 bits per heavy atom. The molecule has 0 unspecified atom stereocenters. The van der Waals surface area contributed by atoms with Gasteiger partial charge in [-0.3, -0.25) is 0 Å². The SMILES string of the molecule is CN(C)c1ccc(-c2cc(N)n3nc(-c4ccco4)nc3c2)cc1. The van der Waals surface area contributed by atoms with Gasteiger partial charge in [0.2, 0.25) is 5.82 Å². The summed E-state index contributed by atoms with van der Waals surface area (Å²) in [4.78, 5) is 6.58. The summed E-state index contributed by atoms with van der Waals surface area (Å²) in [7, 11) is 4.04. The van der Waals surface area contributed by atoms with E-state index in [9.17, 15) is 0 Å². The summed E-state index contributed by atoms with van der Waals surface area (Å²) >= 11 is 0. The van der Waals surface area contributed by atoms with Gasteiger partial charge in [-0.15, -0.1) is 5.10 Å². The van der Waals surface area contributed by atoms with Crippen LogP contribution in [0.3, 0.4) is 0 Å². The van der Waals surface area contributed by atoms with E-state index in [0.29, 0.717) is 23.0 Å². The predicted octanol–water partition coefficient (Wildman–Crippen LogP) is 3.30. The summed E-state index contributed by atoms with van der Waals surface area (Å²) in [5, 5.41) is 4.41. The van der Waals surface area contributed by atoms with Crippen molar-refractivity contribution in [2.24, 2.45) is 0 Å². The number of nitrogens with zero attached hydrogens (tertiary/aromatic N) is 4. The van der Waals surface area contributed by atoms with E-state index in [1.54, 1.807) is 10.8 Å². The largest absolute Gasteiger partial charge is 0.461 e. The molecular weight excluding hydrogens is 302 g/mol. The maximum Gasteiger partial charge on any atom is 0.217 e. The summed E-state index contributed by atoms with van der Waals surface area (Å²) in [6.07, 6.45) is 1.60. The third kappa shape index (κ3) is 2.38. The van der Waals surface area contributed by atoms with Crippen molar-refractivity contribution in [3.63, 3.8) is 0 Å². The molecule has 1 aromatic carbocycles.